The Bertz CT molecular complexity index is 559. The second-order valence-corrected chi connectivity index (χ2v) is 5.27. The van der Waals surface area contributed by atoms with E-state index in [1.165, 1.54) is 18.2 Å². The molecule has 1 aliphatic rings. The third-order valence-electron chi connectivity index (χ3n) is 3.50. The number of aromatic nitrogens is 1. The largest absolute Gasteiger partial charge is 0.467 e. The molecule has 21 heavy (non-hydrogen) atoms. The van der Waals surface area contributed by atoms with Crippen LogP contribution in [0.15, 0.2) is 18.3 Å². The Balaban J connectivity index is 2.20. The van der Waals surface area contributed by atoms with Gasteiger partial charge in [-0.3, -0.25) is 9.78 Å². The molecule has 1 amide bonds. The summed E-state index contributed by atoms with van der Waals surface area (Å²) in [5, 5.41) is 0. The molecule has 1 unspecified atom stereocenters. The summed E-state index contributed by atoms with van der Waals surface area (Å²) < 4.78 is 4.77. The molecule has 1 aliphatic heterocycles. The van der Waals surface area contributed by atoms with Gasteiger partial charge in [-0.05, 0) is 31.4 Å². The fourth-order valence-electron chi connectivity index (χ4n) is 2.37. The van der Waals surface area contributed by atoms with Crippen molar-refractivity contribution in [1.82, 2.24) is 9.88 Å². The van der Waals surface area contributed by atoms with Crippen LogP contribution in [0.4, 0.5) is 0 Å². The van der Waals surface area contributed by atoms with Crippen LogP contribution in [0.2, 0.25) is 0 Å². The topological polar surface area (TPSA) is 85.5 Å². The van der Waals surface area contributed by atoms with Crippen LogP contribution >= 0.6 is 12.2 Å². The first-order valence-corrected chi connectivity index (χ1v) is 7.10. The first-order chi connectivity index (χ1) is 10.0. The molecule has 0 radical (unpaired) electrons. The van der Waals surface area contributed by atoms with Gasteiger partial charge in [0.15, 0.2) is 0 Å². The van der Waals surface area contributed by atoms with E-state index >= 15 is 0 Å². The predicted octanol–water partition coefficient (Wildman–Crippen LogP) is 0.883. The Morgan fingerprint density at radius 3 is 2.76 bits per heavy atom. The number of hydrogen-bond acceptors (Lipinski definition) is 5. The van der Waals surface area contributed by atoms with Gasteiger partial charge in [0, 0.05) is 18.3 Å². The van der Waals surface area contributed by atoms with Gasteiger partial charge < -0.3 is 15.4 Å². The minimum absolute atomic E-state index is 0.229. The molecule has 112 valence electrons. The zero-order chi connectivity index (χ0) is 15.4. The number of nitrogens with zero attached hydrogens (tertiary/aromatic N) is 2. The SMILES string of the molecule is COC(=O)C1CCCCN1C(=O)c1ccc(C(N)=S)cn1. The second kappa shape index (κ2) is 6.62. The highest BCUT2D eigenvalue weighted by Gasteiger charge is 2.33. The van der Waals surface area contributed by atoms with Crippen molar-refractivity contribution in [2.75, 3.05) is 13.7 Å². The first-order valence-electron chi connectivity index (χ1n) is 6.69. The lowest BCUT2D eigenvalue weighted by atomic mass is 10.0. The Morgan fingerprint density at radius 2 is 2.19 bits per heavy atom. The van der Waals surface area contributed by atoms with Gasteiger partial charge in [0.2, 0.25) is 0 Å². The summed E-state index contributed by atoms with van der Waals surface area (Å²) in [6.45, 7) is 0.525. The van der Waals surface area contributed by atoms with Crippen molar-refractivity contribution in [3.8, 4) is 0 Å². The predicted molar refractivity (Wildman–Crippen MR) is 80.8 cm³/mol. The van der Waals surface area contributed by atoms with Gasteiger partial charge in [-0.2, -0.15) is 0 Å². The van der Waals surface area contributed by atoms with Crippen molar-refractivity contribution in [2.24, 2.45) is 5.73 Å². The van der Waals surface area contributed by atoms with E-state index in [0.717, 1.165) is 12.8 Å². The smallest absolute Gasteiger partial charge is 0.328 e. The molecule has 2 N–H and O–H groups in total. The molecule has 0 bridgehead atoms. The summed E-state index contributed by atoms with van der Waals surface area (Å²) in [6, 6.07) is 2.69. The van der Waals surface area contributed by atoms with E-state index in [4.69, 9.17) is 22.7 Å². The molecule has 1 aromatic heterocycles. The number of carbonyl (C=O) groups is 2. The van der Waals surface area contributed by atoms with Crippen molar-refractivity contribution in [3.63, 3.8) is 0 Å². The number of nitrogens with two attached hydrogens (primary N) is 1. The Morgan fingerprint density at radius 1 is 1.43 bits per heavy atom. The molecule has 1 aromatic rings. The van der Waals surface area contributed by atoms with E-state index in [1.807, 2.05) is 0 Å². The van der Waals surface area contributed by atoms with Crippen LogP contribution in [0.5, 0.6) is 0 Å². The summed E-state index contributed by atoms with van der Waals surface area (Å²) in [5.74, 6) is -0.664. The second-order valence-electron chi connectivity index (χ2n) is 4.83. The Labute approximate surface area is 128 Å². The zero-order valence-corrected chi connectivity index (χ0v) is 12.6. The monoisotopic (exact) mass is 307 g/mol. The quantitative estimate of drug-likeness (QED) is 0.659. The van der Waals surface area contributed by atoms with Crippen molar-refractivity contribution < 1.29 is 14.3 Å². The minimum atomic E-state index is -0.534. The molecule has 0 spiro atoms. The average molecular weight is 307 g/mol. The van der Waals surface area contributed by atoms with E-state index < -0.39 is 6.04 Å². The first kappa shape index (κ1) is 15.4. The van der Waals surface area contributed by atoms with Gasteiger partial charge >= 0.3 is 5.97 Å². The Kier molecular flexibility index (Phi) is 4.85. The molecule has 1 fully saturated rings. The molecule has 1 atom stereocenters. The highest BCUT2D eigenvalue weighted by atomic mass is 32.1. The summed E-state index contributed by atoms with van der Waals surface area (Å²) in [6.07, 6.45) is 3.84. The highest BCUT2D eigenvalue weighted by Crippen LogP contribution is 2.20. The fraction of sp³-hybridized carbons (Fsp3) is 0.429. The Hall–Kier alpha value is -2.02. The maximum absolute atomic E-state index is 12.5. The van der Waals surface area contributed by atoms with Gasteiger partial charge in [0.1, 0.15) is 16.7 Å². The van der Waals surface area contributed by atoms with E-state index in [-0.39, 0.29) is 22.6 Å². The molecule has 0 aliphatic carbocycles. The van der Waals surface area contributed by atoms with Gasteiger partial charge in [-0.1, -0.05) is 12.2 Å². The van der Waals surface area contributed by atoms with E-state index in [1.54, 1.807) is 12.1 Å². The summed E-state index contributed by atoms with van der Waals surface area (Å²) >= 11 is 4.85. The molecule has 2 rings (SSSR count). The van der Waals surface area contributed by atoms with Crippen LogP contribution in [-0.2, 0) is 9.53 Å². The molecular weight excluding hydrogens is 290 g/mol. The molecule has 0 saturated carbocycles. The van der Waals surface area contributed by atoms with Crippen molar-refractivity contribution >= 4 is 29.1 Å². The lowest BCUT2D eigenvalue weighted by Crippen LogP contribution is -2.48. The summed E-state index contributed by atoms with van der Waals surface area (Å²) in [7, 11) is 1.33. The number of piperidine rings is 1. The van der Waals surface area contributed by atoms with Gasteiger partial charge in [-0.15, -0.1) is 0 Å². The average Bonchev–Trinajstić information content (AvgIpc) is 2.53. The fourth-order valence-corrected chi connectivity index (χ4v) is 2.49. The number of carbonyl (C=O) groups excluding carboxylic acids is 2. The van der Waals surface area contributed by atoms with Crippen LogP contribution in [0.25, 0.3) is 0 Å². The van der Waals surface area contributed by atoms with Crippen LogP contribution in [0, 0.1) is 0 Å². The summed E-state index contributed by atoms with van der Waals surface area (Å²) in [5.41, 5.74) is 6.37. The summed E-state index contributed by atoms with van der Waals surface area (Å²) in [4.78, 5) is 30.1. The molecule has 6 nitrogen and oxygen atoms in total. The number of rotatable bonds is 3. The highest BCUT2D eigenvalue weighted by molar-refractivity contribution is 7.80. The van der Waals surface area contributed by atoms with E-state index in [2.05, 4.69) is 4.98 Å². The van der Waals surface area contributed by atoms with Gasteiger partial charge in [0.05, 0.1) is 7.11 Å². The minimum Gasteiger partial charge on any atom is -0.467 e. The number of pyridine rings is 1. The number of likely N-dealkylation sites (tertiary alicyclic amines) is 1. The van der Waals surface area contributed by atoms with Crippen molar-refractivity contribution in [3.05, 3.63) is 29.6 Å². The number of ether oxygens (including phenoxy) is 1. The van der Waals surface area contributed by atoms with E-state index in [9.17, 15) is 9.59 Å². The third kappa shape index (κ3) is 3.36. The van der Waals surface area contributed by atoms with Crippen molar-refractivity contribution in [2.45, 2.75) is 25.3 Å². The number of methoxy groups -OCH3 is 1. The number of thiocarbonyl (C=S) groups is 1. The van der Waals surface area contributed by atoms with E-state index in [0.29, 0.717) is 18.5 Å². The normalized spacial score (nSPS) is 18.1. The number of hydrogen-bond donors (Lipinski definition) is 1. The molecule has 0 aromatic carbocycles. The van der Waals surface area contributed by atoms with Gasteiger partial charge in [0.25, 0.3) is 5.91 Å². The molecule has 7 heteroatoms. The van der Waals surface area contributed by atoms with Gasteiger partial charge in [-0.25, -0.2) is 4.79 Å². The third-order valence-corrected chi connectivity index (χ3v) is 3.74. The maximum atomic E-state index is 12.5. The zero-order valence-electron chi connectivity index (χ0n) is 11.7. The molecule has 2 heterocycles. The maximum Gasteiger partial charge on any atom is 0.328 e. The van der Waals surface area contributed by atoms with Crippen LogP contribution in [-0.4, -0.2) is 46.4 Å². The lowest BCUT2D eigenvalue weighted by molar-refractivity contribution is -0.147. The standard InChI is InChI=1S/C14H17N3O3S/c1-20-14(19)11-4-2-3-7-17(11)13(18)10-6-5-9(8-16-10)12(15)21/h5-6,8,11H,2-4,7H2,1H3,(H2,15,21). The molecular formula is C14H17N3O3S. The number of esters is 1. The van der Waals surface area contributed by atoms with Crippen LogP contribution in [0.3, 0.4) is 0 Å². The number of amides is 1. The van der Waals surface area contributed by atoms with Crippen LogP contribution < -0.4 is 5.73 Å². The molecule has 1 saturated heterocycles. The lowest BCUT2D eigenvalue weighted by Gasteiger charge is -2.33. The van der Waals surface area contributed by atoms with Crippen molar-refractivity contribution in [1.29, 1.82) is 0 Å². The van der Waals surface area contributed by atoms with Crippen LogP contribution in [0.1, 0.15) is 35.3 Å².